The van der Waals surface area contributed by atoms with E-state index in [1.54, 1.807) is 0 Å². The van der Waals surface area contributed by atoms with Crippen molar-refractivity contribution in [3.8, 4) is 0 Å². The van der Waals surface area contributed by atoms with Gasteiger partial charge in [0, 0.05) is 25.2 Å². The van der Waals surface area contributed by atoms with Crippen LogP contribution in [0.5, 0.6) is 0 Å². The fraction of sp³-hybridized carbons (Fsp3) is 0.571. The van der Waals surface area contributed by atoms with Crippen molar-refractivity contribution in [2.75, 3.05) is 6.54 Å². The van der Waals surface area contributed by atoms with Gasteiger partial charge >= 0.3 is 6.18 Å². The number of alkyl halides is 3. The monoisotopic (exact) mass is 274 g/mol. The lowest BCUT2D eigenvalue weighted by Crippen LogP contribution is -2.38. The molecule has 19 heavy (non-hydrogen) atoms. The summed E-state index contributed by atoms with van der Waals surface area (Å²) >= 11 is 0. The standard InChI is InChI=1S/C14H21F3N2/c1-10(2)18-8-11(3)19-9-12-4-6-13(7-5-12)14(15,16)17/h4-7,10-11,18-19H,8-9H2,1-3H3. The van der Waals surface area contributed by atoms with Gasteiger partial charge in [0.15, 0.2) is 0 Å². The molecule has 0 spiro atoms. The van der Waals surface area contributed by atoms with E-state index in [0.29, 0.717) is 12.6 Å². The van der Waals surface area contributed by atoms with Gasteiger partial charge in [-0.25, -0.2) is 0 Å². The molecule has 0 aliphatic heterocycles. The minimum Gasteiger partial charge on any atom is -0.313 e. The number of hydrogen-bond donors (Lipinski definition) is 2. The third kappa shape index (κ3) is 6.07. The van der Waals surface area contributed by atoms with Crippen molar-refractivity contribution in [2.24, 2.45) is 0 Å². The summed E-state index contributed by atoms with van der Waals surface area (Å²) < 4.78 is 37.2. The number of benzene rings is 1. The molecule has 0 aromatic heterocycles. The van der Waals surface area contributed by atoms with Crippen molar-refractivity contribution in [3.05, 3.63) is 35.4 Å². The molecule has 0 amide bonds. The molecule has 1 rings (SSSR count). The van der Waals surface area contributed by atoms with Crippen molar-refractivity contribution >= 4 is 0 Å². The van der Waals surface area contributed by atoms with Crippen molar-refractivity contribution < 1.29 is 13.2 Å². The first-order valence-corrected chi connectivity index (χ1v) is 6.42. The second-order valence-corrected chi connectivity index (χ2v) is 5.04. The lowest BCUT2D eigenvalue weighted by molar-refractivity contribution is -0.137. The Morgan fingerprint density at radius 2 is 1.58 bits per heavy atom. The maximum absolute atomic E-state index is 12.4. The van der Waals surface area contributed by atoms with Crippen LogP contribution in [0.2, 0.25) is 0 Å². The highest BCUT2D eigenvalue weighted by Gasteiger charge is 2.29. The van der Waals surface area contributed by atoms with E-state index < -0.39 is 11.7 Å². The molecule has 0 heterocycles. The van der Waals surface area contributed by atoms with Gasteiger partial charge in [-0.3, -0.25) is 0 Å². The van der Waals surface area contributed by atoms with Gasteiger partial charge in [-0.05, 0) is 24.6 Å². The van der Waals surface area contributed by atoms with Crippen molar-refractivity contribution in [2.45, 2.75) is 45.6 Å². The van der Waals surface area contributed by atoms with Crippen LogP contribution >= 0.6 is 0 Å². The fourth-order valence-electron chi connectivity index (χ4n) is 1.59. The average Bonchev–Trinajstić information content (AvgIpc) is 2.33. The van der Waals surface area contributed by atoms with Gasteiger partial charge in [-0.1, -0.05) is 26.0 Å². The predicted molar refractivity (Wildman–Crippen MR) is 70.9 cm³/mol. The quantitative estimate of drug-likeness (QED) is 0.832. The topological polar surface area (TPSA) is 24.1 Å². The van der Waals surface area contributed by atoms with Gasteiger partial charge in [-0.2, -0.15) is 13.2 Å². The van der Waals surface area contributed by atoms with E-state index in [-0.39, 0.29) is 6.04 Å². The summed E-state index contributed by atoms with van der Waals surface area (Å²) in [6.07, 6.45) is -4.26. The van der Waals surface area contributed by atoms with E-state index in [1.165, 1.54) is 12.1 Å². The average molecular weight is 274 g/mol. The Bertz CT molecular complexity index is 371. The zero-order valence-electron chi connectivity index (χ0n) is 11.5. The lowest BCUT2D eigenvalue weighted by Gasteiger charge is -2.16. The Morgan fingerprint density at radius 1 is 1.00 bits per heavy atom. The van der Waals surface area contributed by atoms with Gasteiger partial charge in [0.1, 0.15) is 0 Å². The molecule has 0 aliphatic rings. The summed E-state index contributed by atoms with van der Waals surface area (Å²) in [7, 11) is 0. The van der Waals surface area contributed by atoms with Crippen LogP contribution in [0.1, 0.15) is 31.9 Å². The molecule has 0 fully saturated rings. The Hall–Kier alpha value is -1.07. The van der Waals surface area contributed by atoms with Crippen LogP contribution < -0.4 is 10.6 Å². The van der Waals surface area contributed by atoms with Crippen LogP contribution in [0.4, 0.5) is 13.2 Å². The van der Waals surface area contributed by atoms with Gasteiger partial charge < -0.3 is 10.6 Å². The summed E-state index contributed by atoms with van der Waals surface area (Å²) in [6, 6.07) is 5.96. The molecule has 0 aliphatic carbocycles. The van der Waals surface area contributed by atoms with Crippen LogP contribution in [-0.4, -0.2) is 18.6 Å². The van der Waals surface area contributed by atoms with Crippen molar-refractivity contribution in [1.82, 2.24) is 10.6 Å². The van der Waals surface area contributed by atoms with Crippen molar-refractivity contribution in [1.29, 1.82) is 0 Å². The highest BCUT2D eigenvalue weighted by molar-refractivity contribution is 5.24. The summed E-state index contributed by atoms with van der Waals surface area (Å²) in [6.45, 7) is 7.59. The van der Waals surface area contributed by atoms with Crippen LogP contribution in [0, 0.1) is 0 Å². The summed E-state index contributed by atoms with van der Waals surface area (Å²) in [5.74, 6) is 0. The van der Waals surface area contributed by atoms with Crippen LogP contribution in [0.25, 0.3) is 0 Å². The molecule has 1 unspecified atom stereocenters. The fourth-order valence-corrected chi connectivity index (χ4v) is 1.59. The number of nitrogens with one attached hydrogen (secondary N) is 2. The maximum Gasteiger partial charge on any atom is 0.416 e. The zero-order valence-corrected chi connectivity index (χ0v) is 11.5. The molecule has 1 aromatic carbocycles. The highest BCUT2D eigenvalue weighted by atomic mass is 19.4. The molecule has 0 saturated heterocycles. The second-order valence-electron chi connectivity index (χ2n) is 5.04. The van der Waals surface area contributed by atoms with Crippen LogP contribution in [0.15, 0.2) is 24.3 Å². The highest BCUT2D eigenvalue weighted by Crippen LogP contribution is 2.28. The summed E-state index contributed by atoms with van der Waals surface area (Å²) in [5.41, 5.74) is 0.246. The van der Waals surface area contributed by atoms with Gasteiger partial charge in [-0.15, -0.1) is 0 Å². The van der Waals surface area contributed by atoms with E-state index in [9.17, 15) is 13.2 Å². The summed E-state index contributed by atoms with van der Waals surface area (Å²) in [4.78, 5) is 0. The molecule has 1 atom stereocenters. The minimum absolute atomic E-state index is 0.268. The van der Waals surface area contributed by atoms with E-state index in [1.807, 2.05) is 6.92 Å². The molecule has 0 bridgehead atoms. The Balaban J connectivity index is 2.42. The number of rotatable bonds is 6. The number of halogens is 3. The third-order valence-corrected chi connectivity index (χ3v) is 2.77. The first-order valence-electron chi connectivity index (χ1n) is 6.42. The zero-order chi connectivity index (χ0) is 14.5. The maximum atomic E-state index is 12.4. The van der Waals surface area contributed by atoms with E-state index in [0.717, 1.165) is 24.2 Å². The first kappa shape index (κ1) is 16.0. The van der Waals surface area contributed by atoms with Crippen molar-refractivity contribution in [3.63, 3.8) is 0 Å². The lowest BCUT2D eigenvalue weighted by atomic mass is 10.1. The smallest absolute Gasteiger partial charge is 0.313 e. The Kier molecular flexibility index (Phi) is 5.82. The predicted octanol–water partition coefficient (Wildman–Crippen LogP) is 3.18. The molecular formula is C14H21F3N2. The van der Waals surface area contributed by atoms with Gasteiger partial charge in [0.2, 0.25) is 0 Å². The largest absolute Gasteiger partial charge is 0.416 e. The Labute approximate surface area is 112 Å². The minimum atomic E-state index is -4.26. The Morgan fingerprint density at radius 3 is 2.05 bits per heavy atom. The van der Waals surface area contributed by atoms with Crippen LogP contribution in [-0.2, 0) is 12.7 Å². The molecular weight excluding hydrogens is 253 g/mol. The SMILES string of the molecule is CC(C)NCC(C)NCc1ccc(C(F)(F)F)cc1. The summed E-state index contributed by atoms with van der Waals surface area (Å²) in [5, 5.41) is 6.57. The molecule has 0 radical (unpaired) electrons. The van der Waals surface area contributed by atoms with E-state index in [2.05, 4.69) is 24.5 Å². The first-order chi connectivity index (χ1) is 8.79. The number of hydrogen-bond acceptors (Lipinski definition) is 2. The molecule has 2 nitrogen and oxygen atoms in total. The molecule has 0 saturated carbocycles. The van der Waals surface area contributed by atoms with Crippen LogP contribution in [0.3, 0.4) is 0 Å². The van der Waals surface area contributed by atoms with Gasteiger partial charge in [0.25, 0.3) is 0 Å². The third-order valence-electron chi connectivity index (χ3n) is 2.77. The molecule has 1 aromatic rings. The van der Waals surface area contributed by atoms with E-state index in [4.69, 9.17) is 0 Å². The molecule has 5 heteroatoms. The normalized spacial score (nSPS) is 13.8. The second kappa shape index (κ2) is 6.91. The molecule has 2 N–H and O–H groups in total. The molecule has 108 valence electrons. The van der Waals surface area contributed by atoms with Gasteiger partial charge in [0.05, 0.1) is 5.56 Å². The van der Waals surface area contributed by atoms with E-state index >= 15 is 0 Å².